The maximum Gasteiger partial charge on any atom is 0.247 e. The highest BCUT2D eigenvalue weighted by Gasteiger charge is 2.33. The standard InChI is InChI=1S/C11H12N2O2S/c14-10-8(6-16)12-11(15)9(13-10)7-4-2-1-3-5-7/h1-5,8-9,16H,6H2,(H,12,15)(H,13,14)/t8-,9+/m0/s1. The van der Waals surface area contributed by atoms with Crippen LogP contribution >= 0.6 is 12.6 Å². The van der Waals surface area contributed by atoms with Crippen LogP contribution in [0.4, 0.5) is 0 Å². The van der Waals surface area contributed by atoms with Crippen LogP contribution in [0.2, 0.25) is 0 Å². The predicted octanol–water partition coefficient (Wildman–Crippen LogP) is 0.272. The highest BCUT2D eigenvalue weighted by Crippen LogP contribution is 2.16. The molecule has 0 radical (unpaired) electrons. The van der Waals surface area contributed by atoms with E-state index in [4.69, 9.17) is 0 Å². The quantitative estimate of drug-likeness (QED) is 0.646. The van der Waals surface area contributed by atoms with E-state index in [1.54, 1.807) is 0 Å². The summed E-state index contributed by atoms with van der Waals surface area (Å²) in [6.45, 7) is 0. The molecule has 0 unspecified atom stereocenters. The summed E-state index contributed by atoms with van der Waals surface area (Å²) in [6, 6.07) is 8.03. The van der Waals surface area contributed by atoms with E-state index in [1.807, 2.05) is 30.3 Å². The molecule has 1 fully saturated rings. The molecule has 16 heavy (non-hydrogen) atoms. The van der Waals surface area contributed by atoms with Crippen LogP contribution in [-0.4, -0.2) is 23.6 Å². The monoisotopic (exact) mass is 236 g/mol. The third kappa shape index (κ3) is 2.04. The normalized spacial score (nSPS) is 24.8. The van der Waals surface area contributed by atoms with Crippen molar-refractivity contribution in [3.8, 4) is 0 Å². The van der Waals surface area contributed by atoms with Crippen LogP contribution in [0.3, 0.4) is 0 Å². The summed E-state index contributed by atoms with van der Waals surface area (Å²) in [7, 11) is 0. The number of hydrogen-bond acceptors (Lipinski definition) is 3. The highest BCUT2D eigenvalue weighted by atomic mass is 32.1. The number of nitrogens with one attached hydrogen (secondary N) is 2. The van der Waals surface area contributed by atoms with Gasteiger partial charge in [-0.1, -0.05) is 30.3 Å². The van der Waals surface area contributed by atoms with Gasteiger partial charge >= 0.3 is 0 Å². The third-order valence-electron chi connectivity index (χ3n) is 2.50. The lowest BCUT2D eigenvalue weighted by molar-refractivity contribution is -0.136. The number of amides is 2. The van der Waals surface area contributed by atoms with Crippen molar-refractivity contribution in [1.82, 2.24) is 10.6 Å². The van der Waals surface area contributed by atoms with E-state index in [1.165, 1.54) is 0 Å². The maximum atomic E-state index is 11.7. The molecule has 1 aromatic rings. The topological polar surface area (TPSA) is 58.2 Å². The molecule has 1 saturated heterocycles. The Morgan fingerprint density at radius 2 is 1.75 bits per heavy atom. The van der Waals surface area contributed by atoms with Crippen molar-refractivity contribution in [2.45, 2.75) is 12.1 Å². The van der Waals surface area contributed by atoms with Crippen LogP contribution < -0.4 is 10.6 Å². The summed E-state index contributed by atoms with van der Waals surface area (Å²) in [4.78, 5) is 23.3. The lowest BCUT2D eigenvalue weighted by atomic mass is 10.0. The minimum Gasteiger partial charge on any atom is -0.341 e. The summed E-state index contributed by atoms with van der Waals surface area (Å²) in [6.07, 6.45) is 0. The molecule has 0 aromatic heterocycles. The highest BCUT2D eigenvalue weighted by molar-refractivity contribution is 7.80. The van der Waals surface area contributed by atoms with Crippen molar-refractivity contribution in [2.75, 3.05) is 5.75 Å². The van der Waals surface area contributed by atoms with Gasteiger partial charge in [0.25, 0.3) is 0 Å². The van der Waals surface area contributed by atoms with Gasteiger partial charge in [0.15, 0.2) is 0 Å². The van der Waals surface area contributed by atoms with E-state index in [-0.39, 0.29) is 11.8 Å². The Balaban J connectivity index is 2.19. The summed E-state index contributed by atoms with van der Waals surface area (Å²) in [5.74, 6) is -0.0766. The first-order valence-corrected chi connectivity index (χ1v) is 5.62. The average molecular weight is 236 g/mol. The van der Waals surface area contributed by atoms with Gasteiger partial charge in [-0.25, -0.2) is 0 Å². The van der Waals surface area contributed by atoms with E-state index in [9.17, 15) is 9.59 Å². The first-order chi connectivity index (χ1) is 7.72. The molecule has 0 aliphatic carbocycles. The zero-order chi connectivity index (χ0) is 11.5. The molecule has 1 aromatic carbocycles. The van der Waals surface area contributed by atoms with E-state index in [2.05, 4.69) is 23.3 Å². The van der Waals surface area contributed by atoms with Gasteiger partial charge in [-0.15, -0.1) is 0 Å². The number of benzene rings is 1. The van der Waals surface area contributed by atoms with Crippen molar-refractivity contribution in [2.24, 2.45) is 0 Å². The maximum absolute atomic E-state index is 11.7. The first-order valence-electron chi connectivity index (χ1n) is 4.99. The molecule has 2 amide bonds. The zero-order valence-corrected chi connectivity index (χ0v) is 9.41. The summed E-state index contributed by atoms with van der Waals surface area (Å²) in [5, 5.41) is 5.32. The van der Waals surface area contributed by atoms with Crippen LogP contribution in [0.5, 0.6) is 0 Å². The second kappa shape index (κ2) is 4.57. The fourth-order valence-electron chi connectivity index (χ4n) is 1.64. The second-order valence-corrected chi connectivity index (χ2v) is 3.96. The Hall–Kier alpha value is -1.49. The zero-order valence-electron chi connectivity index (χ0n) is 8.51. The molecule has 4 nitrogen and oxygen atoms in total. The minimum atomic E-state index is -0.593. The van der Waals surface area contributed by atoms with Crippen molar-refractivity contribution in [3.63, 3.8) is 0 Å². The fraction of sp³-hybridized carbons (Fsp3) is 0.273. The lowest BCUT2D eigenvalue weighted by Gasteiger charge is -2.28. The molecule has 1 heterocycles. The van der Waals surface area contributed by atoms with Crippen molar-refractivity contribution < 1.29 is 9.59 Å². The van der Waals surface area contributed by atoms with Gasteiger partial charge in [-0.3, -0.25) is 9.59 Å². The van der Waals surface area contributed by atoms with Gasteiger partial charge in [-0.2, -0.15) is 12.6 Å². The predicted molar refractivity (Wildman–Crippen MR) is 63.1 cm³/mol. The van der Waals surface area contributed by atoms with Crippen molar-refractivity contribution in [3.05, 3.63) is 35.9 Å². The summed E-state index contributed by atoms with van der Waals surface area (Å²) in [5.41, 5.74) is 0.783. The molecule has 1 aliphatic rings. The van der Waals surface area contributed by atoms with E-state index in [0.29, 0.717) is 5.75 Å². The van der Waals surface area contributed by atoms with Crippen molar-refractivity contribution >= 4 is 24.4 Å². The third-order valence-corrected chi connectivity index (χ3v) is 2.86. The SMILES string of the molecule is O=C1N[C@H](c2ccccc2)C(=O)N[C@H]1CS. The molecule has 5 heteroatoms. The molecule has 84 valence electrons. The lowest BCUT2D eigenvalue weighted by Crippen LogP contribution is -2.58. The molecule has 0 spiro atoms. The summed E-state index contributed by atoms with van der Waals surface area (Å²) >= 11 is 4.00. The smallest absolute Gasteiger partial charge is 0.247 e. The molecule has 0 bridgehead atoms. The molecule has 2 N–H and O–H groups in total. The fourth-order valence-corrected chi connectivity index (χ4v) is 1.89. The number of carbonyl (C=O) groups is 2. The minimum absolute atomic E-state index is 0.190. The van der Waals surface area contributed by atoms with E-state index < -0.39 is 12.1 Å². The molecular weight excluding hydrogens is 224 g/mol. The van der Waals surface area contributed by atoms with Gasteiger partial charge in [0.05, 0.1) is 0 Å². The van der Waals surface area contributed by atoms with Gasteiger partial charge in [0, 0.05) is 5.75 Å². The van der Waals surface area contributed by atoms with Crippen LogP contribution in [0.1, 0.15) is 11.6 Å². The molecule has 2 rings (SSSR count). The molecule has 2 atom stereocenters. The Morgan fingerprint density at radius 1 is 1.06 bits per heavy atom. The van der Waals surface area contributed by atoms with Gasteiger partial charge in [0.1, 0.15) is 12.1 Å². The molecule has 0 saturated carbocycles. The van der Waals surface area contributed by atoms with Crippen LogP contribution in [0.25, 0.3) is 0 Å². The van der Waals surface area contributed by atoms with Crippen LogP contribution in [0.15, 0.2) is 30.3 Å². The molecule has 1 aliphatic heterocycles. The van der Waals surface area contributed by atoms with Crippen LogP contribution in [-0.2, 0) is 9.59 Å². The number of hydrogen-bond donors (Lipinski definition) is 3. The Labute approximate surface area is 98.8 Å². The van der Waals surface area contributed by atoms with Gasteiger partial charge < -0.3 is 10.6 Å². The Kier molecular flexibility index (Phi) is 3.14. The van der Waals surface area contributed by atoms with E-state index in [0.717, 1.165) is 5.56 Å². The van der Waals surface area contributed by atoms with Gasteiger partial charge in [-0.05, 0) is 5.56 Å². The number of carbonyl (C=O) groups excluding carboxylic acids is 2. The average Bonchev–Trinajstić information content (AvgIpc) is 2.32. The van der Waals surface area contributed by atoms with E-state index >= 15 is 0 Å². The molecular formula is C11H12N2O2S. The first kappa shape index (κ1) is 11.0. The summed E-state index contributed by atoms with van der Waals surface area (Å²) < 4.78 is 0. The Bertz CT molecular complexity index is 408. The number of rotatable bonds is 2. The second-order valence-electron chi connectivity index (χ2n) is 3.60. The van der Waals surface area contributed by atoms with Crippen LogP contribution in [0, 0.1) is 0 Å². The van der Waals surface area contributed by atoms with Gasteiger partial charge in [0.2, 0.25) is 11.8 Å². The van der Waals surface area contributed by atoms with Crippen molar-refractivity contribution in [1.29, 1.82) is 0 Å². The Morgan fingerprint density at radius 3 is 2.38 bits per heavy atom. The largest absolute Gasteiger partial charge is 0.341 e. The number of thiol groups is 1. The number of piperazine rings is 1.